The van der Waals surface area contributed by atoms with Crippen molar-refractivity contribution in [3.8, 4) is 0 Å². The first kappa shape index (κ1) is 18.2. The molecule has 1 aliphatic carbocycles. The number of urea groups is 1. The lowest BCUT2D eigenvalue weighted by Crippen LogP contribution is -2.46. The number of amides is 2. The molecule has 1 aromatic rings. The Morgan fingerprint density at radius 3 is 2.64 bits per heavy atom. The molecule has 1 aromatic heterocycles. The number of aromatic nitrogens is 2. The molecule has 1 saturated heterocycles. The molecule has 1 saturated carbocycles. The van der Waals surface area contributed by atoms with Gasteiger partial charge >= 0.3 is 6.03 Å². The van der Waals surface area contributed by atoms with Gasteiger partial charge in [0.05, 0.1) is 11.7 Å². The monoisotopic (exact) mass is 347 g/mol. The molecule has 6 nitrogen and oxygen atoms in total. The molecule has 25 heavy (non-hydrogen) atoms. The Morgan fingerprint density at radius 1 is 1.20 bits per heavy atom. The summed E-state index contributed by atoms with van der Waals surface area (Å²) in [5, 5.41) is 10.8. The Morgan fingerprint density at radius 2 is 2.00 bits per heavy atom. The van der Waals surface area contributed by atoms with Gasteiger partial charge in [-0.2, -0.15) is 5.10 Å². The summed E-state index contributed by atoms with van der Waals surface area (Å²) >= 11 is 0. The Hall–Kier alpha value is -1.56. The highest BCUT2D eigenvalue weighted by Crippen LogP contribution is 2.33. The molecule has 3 rings (SSSR count). The van der Waals surface area contributed by atoms with Gasteiger partial charge in [0.2, 0.25) is 0 Å². The molecule has 2 heterocycles. The van der Waals surface area contributed by atoms with E-state index in [9.17, 15) is 4.79 Å². The van der Waals surface area contributed by atoms with Crippen LogP contribution in [0.25, 0.3) is 0 Å². The van der Waals surface area contributed by atoms with Crippen LogP contribution in [0.2, 0.25) is 0 Å². The summed E-state index contributed by atoms with van der Waals surface area (Å²) in [6.45, 7) is 4.94. The third kappa shape index (κ3) is 4.00. The maximum Gasteiger partial charge on any atom is 0.318 e. The minimum atomic E-state index is 0.108. The fourth-order valence-electron chi connectivity index (χ4n) is 4.52. The van der Waals surface area contributed by atoms with Gasteiger partial charge in [-0.15, -0.1) is 0 Å². The topological polar surface area (TPSA) is 64.3 Å². The first-order chi connectivity index (χ1) is 12.0. The lowest BCUT2D eigenvalue weighted by Gasteiger charge is -2.32. The number of carbonyl (C=O) groups is 1. The average Bonchev–Trinajstić information content (AvgIpc) is 3.07. The molecule has 0 spiro atoms. The van der Waals surface area contributed by atoms with Gasteiger partial charge in [-0.3, -0.25) is 5.10 Å². The molecule has 2 aliphatic rings. The van der Waals surface area contributed by atoms with E-state index in [1.807, 2.05) is 6.92 Å². The molecule has 3 unspecified atom stereocenters. The summed E-state index contributed by atoms with van der Waals surface area (Å²) in [5.74, 6) is 0. The maximum atomic E-state index is 13.1. The number of aromatic amines is 1. The van der Waals surface area contributed by atoms with E-state index >= 15 is 0 Å². The van der Waals surface area contributed by atoms with Crippen molar-refractivity contribution < 1.29 is 4.79 Å². The van der Waals surface area contributed by atoms with Crippen molar-refractivity contribution in [1.29, 1.82) is 0 Å². The van der Waals surface area contributed by atoms with Crippen LogP contribution >= 0.6 is 0 Å². The van der Waals surface area contributed by atoms with Gasteiger partial charge in [-0.1, -0.05) is 12.8 Å². The average molecular weight is 348 g/mol. The van der Waals surface area contributed by atoms with Crippen molar-refractivity contribution in [2.45, 2.75) is 76.9 Å². The Bertz CT molecular complexity index is 577. The zero-order valence-electron chi connectivity index (χ0n) is 16.1. The minimum Gasteiger partial charge on any atom is -0.335 e. The molecule has 0 aromatic carbocycles. The van der Waals surface area contributed by atoms with Gasteiger partial charge < -0.3 is 15.1 Å². The molecule has 1 aliphatic heterocycles. The molecule has 0 radical (unpaired) electrons. The van der Waals surface area contributed by atoms with Crippen LogP contribution in [-0.4, -0.2) is 58.8 Å². The maximum absolute atomic E-state index is 13.1. The van der Waals surface area contributed by atoms with E-state index < -0.39 is 0 Å². The van der Waals surface area contributed by atoms with Crippen LogP contribution in [0, 0.1) is 13.8 Å². The molecule has 3 atom stereocenters. The fourth-order valence-corrected chi connectivity index (χ4v) is 4.52. The van der Waals surface area contributed by atoms with Crippen molar-refractivity contribution in [3.63, 3.8) is 0 Å². The van der Waals surface area contributed by atoms with Gasteiger partial charge in [-0.05, 0) is 60.0 Å². The van der Waals surface area contributed by atoms with Gasteiger partial charge in [-0.25, -0.2) is 4.79 Å². The summed E-state index contributed by atoms with van der Waals surface area (Å²) in [7, 11) is 4.26. The largest absolute Gasteiger partial charge is 0.335 e. The lowest BCUT2D eigenvalue weighted by molar-refractivity contribution is 0.171. The minimum absolute atomic E-state index is 0.108. The number of H-pyrrole nitrogens is 1. The van der Waals surface area contributed by atoms with Crippen molar-refractivity contribution in [2.24, 2.45) is 0 Å². The molecule has 2 amide bonds. The number of aryl methyl sites for hydroxylation is 2. The first-order valence-electron chi connectivity index (χ1n) is 9.72. The van der Waals surface area contributed by atoms with Crippen molar-refractivity contribution in [3.05, 3.63) is 17.0 Å². The SMILES string of the molecule is Cc1n[nH]c(C)c1C1CCCCCN1C(=O)NC1CCC(N(C)C)C1. The Kier molecular flexibility index (Phi) is 5.67. The summed E-state index contributed by atoms with van der Waals surface area (Å²) in [4.78, 5) is 17.4. The van der Waals surface area contributed by atoms with E-state index in [1.165, 1.54) is 24.8 Å². The number of likely N-dealkylation sites (tertiary alicyclic amines) is 1. The number of nitrogens with zero attached hydrogens (tertiary/aromatic N) is 3. The zero-order valence-corrected chi connectivity index (χ0v) is 16.1. The Labute approximate surface area is 151 Å². The number of nitrogens with one attached hydrogen (secondary N) is 2. The zero-order chi connectivity index (χ0) is 18.0. The number of rotatable bonds is 3. The lowest BCUT2D eigenvalue weighted by atomic mass is 9.99. The standard InChI is InChI=1S/C19H33N5O/c1-13-18(14(2)22-21-13)17-8-6-5-7-11-24(17)19(25)20-15-9-10-16(12-15)23(3)4/h15-17H,5-12H2,1-4H3,(H,20,25)(H,21,22). The van der Waals surface area contributed by atoms with Crippen molar-refractivity contribution >= 4 is 6.03 Å². The van der Waals surface area contributed by atoms with Crippen molar-refractivity contribution in [2.75, 3.05) is 20.6 Å². The van der Waals surface area contributed by atoms with Crippen LogP contribution in [0.5, 0.6) is 0 Å². The van der Waals surface area contributed by atoms with E-state index in [1.54, 1.807) is 0 Å². The van der Waals surface area contributed by atoms with Crippen LogP contribution in [0.15, 0.2) is 0 Å². The van der Waals surface area contributed by atoms with E-state index in [0.29, 0.717) is 12.1 Å². The number of carbonyl (C=O) groups excluding carboxylic acids is 1. The molecule has 2 N–H and O–H groups in total. The van der Waals surface area contributed by atoms with Crippen LogP contribution in [0.3, 0.4) is 0 Å². The van der Waals surface area contributed by atoms with Gasteiger partial charge in [0.25, 0.3) is 0 Å². The second-order valence-corrected chi connectivity index (χ2v) is 7.98. The van der Waals surface area contributed by atoms with Crippen LogP contribution < -0.4 is 5.32 Å². The van der Waals surface area contributed by atoms with Crippen LogP contribution in [0.1, 0.15) is 67.9 Å². The molecule has 2 fully saturated rings. The quantitative estimate of drug-likeness (QED) is 0.883. The second kappa shape index (κ2) is 7.77. The fraction of sp³-hybridized carbons (Fsp3) is 0.789. The molecule has 0 bridgehead atoms. The summed E-state index contributed by atoms with van der Waals surface area (Å²) in [6, 6.07) is 1.14. The van der Waals surface area contributed by atoms with Gasteiger partial charge in [0.15, 0.2) is 0 Å². The third-order valence-corrected chi connectivity index (χ3v) is 5.99. The number of hydrogen-bond acceptors (Lipinski definition) is 3. The van der Waals surface area contributed by atoms with Gasteiger partial charge in [0, 0.05) is 29.9 Å². The van der Waals surface area contributed by atoms with E-state index in [4.69, 9.17) is 0 Å². The molecular weight excluding hydrogens is 314 g/mol. The summed E-state index contributed by atoms with van der Waals surface area (Å²) in [5.41, 5.74) is 3.33. The number of hydrogen-bond donors (Lipinski definition) is 2. The molecule has 140 valence electrons. The predicted octanol–water partition coefficient (Wildman–Crippen LogP) is 3.14. The van der Waals surface area contributed by atoms with E-state index in [0.717, 1.165) is 43.6 Å². The third-order valence-electron chi connectivity index (χ3n) is 5.99. The highest BCUT2D eigenvalue weighted by molar-refractivity contribution is 5.75. The Balaban J connectivity index is 1.72. The highest BCUT2D eigenvalue weighted by atomic mass is 16.2. The van der Waals surface area contributed by atoms with Crippen molar-refractivity contribution in [1.82, 2.24) is 25.3 Å². The first-order valence-corrected chi connectivity index (χ1v) is 9.72. The van der Waals surface area contributed by atoms with Crippen LogP contribution in [-0.2, 0) is 0 Å². The predicted molar refractivity (Wildman–Crippen MR) is 99.6 cm³/mol. The van der Waals surface area contributed by atoms with E-state index in [-0.39, 0.29) is 12.1 Å². The molecule has 6 heteroatoms. The summed E-state index contributed by atoms with van der Waals surface area (Å²) < 4.78 is 0. The van der Waals surface area contributed by atoms with E-state index in [2.05, 4.69) is 46.3 Å². The highest BCUT2D eigenvalue weighted by Gasteiger charge is 2.33. The summed E-state index contributed by atoms with van der Waals surface area (Å²) in [6.07, 6.45) is 7.79. The smallest absolute Gasteiger partial charge is 0.318 e. The van der Waals surface area contributed by atoms with Gasteiger partial charge in [0.1, 0.15) is 0 Å². The normalized spacial score (nSPS) is 27.6. The second-order valence-electron chi connectivity index (χ2n) is 7.98. The van der Waals surface area contributed by atoms with Crippen LogP contribution in [0.4, 0.5) is 4.79 Å². The molecular formula is C19H33N5O.